The number of thiazole rings is 1. The minimum absolute atomic E-state index is 0.197. The highest BCUT2D eigenvalue weighted by molar-refractivity contribution is 7.07. The Hall–Kier alpha value is -3.45. The fraction of sp³-hybridized carbons (Fsp3) is 0.174. The molecule has 30 heavy (non-hydrogen) atoms. The number of benzene rings is 2. The van der Waals surface area contributed by atoms with Crippen molar-refractivity contribution < 1.29 is 14.3 Å². The van der Waals surface area contributed by atoms with Gasteiger partial charge in [-0.05, 0) is 36.3 Å². The molecule has 1 aliphatic heterocycles. The topological polar surface area (TPSA) is 69.9 Å². The van der Waals surface area contributed by atoms with Crippen molar-refractivity contribution in [2.24, 2.45) is 4.99 Å². The van der Waals surface area contributed by atoms with Crippen LogP contribution in [0.4, 0.5) is 0 Å². The summed E-state index contributed by atoms with van der Waals surface area (Å²) in [6.45, 7) is 1.77. The zero-order chi connectivity index (χ0) is 21.3. The number of rotatable bonds is 4. The van der Waals surface area contributed by atoms with Crippen LogP contribution in [-0.2, 0) is 9.53 Å². The van der Waals surface area contributed by atoms with E-state index in [2.05, 4.69) is 4.99 Å². The fourth-order valence-electron chi connectivity index (χ4n) is 3.49. The van der Waals surface area contributed by atoms with Crippen LogP contribution < -0.4 is 19.6 Å². The first-order valence-electron chi connectivity index (χ1n) is 9.33. The van der Waals surface area contributed by atoms with Crippen molar-refractivity contribution in [3.63, 3.8) is 0 Å². The lowest BCUT2D eigenvalue weighted by Crippen LogP contribution is -2.39. The van der Waals surface area contributed by atoms with E-state index in [1.54, 1.807) is 18.6 Å². The summed E-state index contributed by atoms with van der Waals surface area (Å²) in [5.74, 6) is 0.255. The van der Waals surface area contributed by atoms with Gasteiger partial charge >= 0.3 is 5.97 Å². The fourth-order valence-corrected chi connectivity index (χ4v) is 4.54. The van der Waals surface area contributed by atoms with E-state index in [9.17, 15) is 9.59 Å². The number of allylic oxidation sites excluding steroid dienone is 1. The van der Waals surface area contributed by atoms with E-state index in [0.29, 0.717) is 20.6 Å². The molecule has 2 heterocycles. The smallest absolute Gasteiger partial charge is 0.338 e. The van der Waals surface area contributed by atoms with Gasteiger partial charge < -0.3 is 9.47 Å². The van der Waals surface area contributed by atoms with E-state index < -0.39 is 12.0 Å². The van der Waals surface area contributed by atoms with Gasteiger partial charge in [-0.3, -0.25) is 9.36 Å². The summed E-state index contributed by atoms with van der Waals surface area (Å²) in [6, 6.07) is 16.3. The molecule has 0 fully saturated rings. The number of aromatic nitrogens is 1. The van der Waals surface area contributed by atoms with Crippen LogP contribution in [-0.4, -0.2) is 24.8 Å². The van der Waals surface area contributed by atoms with Gasteiger partial charge in [0.2, 0.25) is 0 Å². The maximum Gasteiger partial charge on any atom is 0.338 e. The lowest BCUT2D eigenvalue weighted by Gasteiger charge is -2.24. The van der Waals surface area contributed by atoms with Crippen LogP contribution >= 0.6 is 11.3 Å². The first-order valence-corrected chi connectivity index (χ1v) is 10.1. The minimum atomic E-state index is -0.590. The van der Waals surface area contributed by atoms with E-state index in [4.69, 9.17) is 9.47 Å². The van der Waals surface area contributed by atoms with Crippen molar-refractivity contribution in [1.29, 1.82) is 0 Å². The Bertz CT molecular complexity index is 1300. The predicted molar refractivity (Wildman–Crippen MR) is 115 cm³/mol. The minimum Gasteiger partial charge on any atom is -0.497 e. The molecule has 6 nitrogen and oxygen atoms in total. The molecule has 3 aromatic rings. The van der Waals surface area contributed by atoms with Crippen molar-refractivity contribution in [2.45, 2.75) is 13.0 Å². The highest BCUT2D eigenvalue weighted by atomic mass is 32.1. The Morgan fingerprint density at radius 1 is 1.10 bits per heavy atom. The first-order chi connectivity index (χ1) is 14.5. The first kappa shape index (κ1) is 19.8. The molecule has 2 aromatic carbocycles. The lowest BCUT2D eigenvalue weighted by molar-refractivity contribution is -0.136. The van der Waals surface area contributed by atoms with E-state index in [1.807, 2.05) is 60.7 Å². The molecule has 4 rings (SSSR count). The monoisotopic (exact) mass is 420 g/mol. The summed E-state index contributed by atoms with van der Waals surface area (Å²) in [5, 5.41) is 0. The molecule has 1 unspecified atom stereocenters. The number of hydrogen-bond donors (Lipinski definition) is 0. The average molecular weight is 420 g/mol. The molecule has 0 bridgehead atoms. The van der Waals surface area contributed by atoms with Crippen LogP contribution in [0.2, 0.25) is 0 Å². The third-order valence-corrected chi connectivity index (χ3v) is 5.94. The third kappa shape index (κ3) is 3.48. The molecule has 1 aromatic heterocycles. The Morgan fingerprint density at radius 2 is 1.80 bits per heavy atom. The van der Waals surface area contributed by atoms with Crippen LogP contribution in [0.5, 0.6) is 5.75 Å². The SMILES string of the molecule is COC(=O)C1=C(C)N=c2sc(=Cc3ccc(OC)cc3)c(=O)n2C1c1ccccc1. The van der Waals surface area contributed by atoms with Crippen molar-refractivity contribution in [3.8, 4) is 5.75 Å². The number of hydrogen-bond acceptors (Lipinski definition) is 6. The molecule has 0 spiro atoms. The van der Waals surface area contributed by atoms with Crippen LogP contribution in [0.15, 0.2) is 75.7 Å². The summed E-state index contributed by atoms with van der Waals surface area (Å²) >= 11 is 1.30. The standard InChI is InChI=1S/C23H20N2O4S/c1-14-19(22(27)29-3)20(16-7-5-4-6-8-16)25-21(26)18(30-23(25)24-14)13-15-9-11-17(28-2)12-10-15/h4-13,20H,1-3H3. The maximum absolute atomic E-state index is 13.4. The molecule has 0 radical (unpaired) electrons. The molecule has 0 aliphatic carbocycles. The van der Waals surface area contributed by atoms with Gasteiger partial charge in [-0.2, -0.15) is 0 Å². The number of fused-ring (bicyclic) bond motifs is 1. The Labute approximate surface area is 177 Å². The van der Waals surface area contributed by atoms with Gasteiger partial charge in [0.15, 0.2) is 4.80 Å². The molecule has 0 N–H and O–H groups in total. The number of ether oxygens (including phenoxy) is 2. The Kier molecular flexibility index (Phi) is 5.37. The normalized spacial score (nSPS) is 16.1. The van der Waals surface area contributed by atoms with E-state index >= 15 is 0 Å². The van der Waals surface area contributed by atoms with Crippen LogP contribution in [0.3, 0.4) is 0 Å². The molecular weight excluding hydrogens is 400 g/mol. The molecular formula is C23H20N2O4S. The summed E-state index contributed by atoms with van der Waals surface area (Å²) < 4.78 is 12.3. The quantitative estimate of drug-likeness (QED) is 0.608. The molecule has 0 saturated heterocycles. The van der Waals surface area contributed by atoms with E-state index in [0.717, 1.165) is 16.9 Å². The summed E-state index contributed by atoms with van der Waals surface area (Å²) in [4.78, 5) is 31.0. The Morgan fingerprint density at radius 3 is 2.43 bits per heavy atom. The second-order valence-corrected chi connectivity index (χ2v) is 7.77. The van der Waals surface area contributed by atoms with Crippen LogP contribution in [0.1, 0.15) is 24.1 Å². The predicted octanol–water partition coefficient (Wildman–Crippen LogP) is 2.42. The van der Waals surface area contributed by atoms with Gasteiger partial charge in [-0.1, -0.05) is 53.8 Å². The van der Waals surface area contributed by atoms with Crippen molar-refractivity contribution in [1.82, 2.24) is 4.57 Å². The van der Waals surface area contributed by atoms with Gasteiger partial charge in [0.1, 0.15) is 5.75 Å². The third-order valence-electron chi connectivity index (χ3n) is 4.96. The van der Waals surface area contributed by atoms with Gasteiger partial charge in [0.05, 0.1) is 36.1 Å². The van der Waals surface area contributed by atoms with Crippen molar-refractivity contribution in [2.75, 3.05) is 14.2 Å². The second kappa shape index (κ2) is 8.12. The highest BCUT2D eigenvalue weighted by Gasteiger charge is 2.32. The largest absolute Gasteiger partial charge is 0.497 e. The number of esters is 1. The van der Waals surface area contributed by atoms with Crippen LogP contribution in [0.25, 0.3) is 6.08 Å². The second-order valence-electron chi connectivity index (χ2n) is 6.76. The lowest BCUT2D eigenvalue weighted by atomic mass is 9.96. The summed E-state index contributed by atoms with van der Waals surface area (Å²) in [5.41, 5.74) is 2.42. The average Bonchev–Trinajstić information content (AvgIpc) is 3.08. The molecule has 1 atom stereocenters. The summed E-state index contributed by atoms with van der Waals surface area (Å²) in [7, 11) is 2.94. The van der Waals surface area contributed by atoms with E-state index in [1.165, 1.54) is 18.4 Å². The van der Waals surface area contributed by atoms with Crippen molar-refractivity contribution >= 4 is 23.4 Å². The summed E-state index contributed by atoms with van der Waals surface area (Å²) in [6.07, 6.45) is 1.82. The van der Waals surface area contributed by atoms with Gasteiger partial charge in [0.25, 0.3) is 5.56 Å². The van der Waals surface area contributed by atoms with Gasteiger partial charge in [-0.25, -0.2) is 9.79 Å². The number of nitrogens with zero attached hydrogens (tertiary/aromatic N) is 2. The van der Waals surface area contributed by atoms with E-state index in [-0.39, 0.29) is 5.56 Å². The molecule has 152 valence electrons. The molecule has 7 heteroatoms. The van der Waals surface area contributed by atoms with Gasteiger partial charge in [-0.15, -0.1) is 0 Å². The van der Waals surface area contributed by atoms with Crippen LogP contribution in [0, 0.1) is 0 Å². The molecule has 1 aliphatic rings. The van der Waals surface area contributed by atoms with Gasteiger partial charge in [0, 0.05) is 0 Å². The maximum atomic E-state index is 13.4. The molecule has 0 amide bonds. The zero-order valence-electron chi connectivity index (χ0n) is 16.8. The number of methoxy groups -OCH3 is 2. The highest BCUT2D eigenvalue weighted by Crippen LogP contribution is 2.30. The van der Waals surface area contributed by atoms with Crippen molar-refractivity contribution in [3.05, 3.63) is 96.7 Å². The zero-order valence-corrected chi connectivity index (χ0v) is 17.6. The number of carbonyl (C=O) groups is 1. The number of carbonyl (C=O) groups excluding carboxylic acids is 1. The Balaban J connectivity index is 1.93. The molecule has 0 saturated carbocycles.